The minimum absolute atomic E-state index is 0.0470. The van der Waals surface area contributed by atoms with E-state index in [4.69, 9.17) is 10.5 Å². The van der Waals surface area contributed by atoms with Crippen molar-refractivity contribution in [3.63, 3.8) is 0 Å². The molecule has 36 heavy (non-hydrogen) atoms. The number of amides is 3. The highest BCUT2D eigenvalue weighted by Gasteiger charge is 2.35. The van der Waals surface area contributed by atoms with Crippen LogP contribution < -0.4 is 21.3 Å². The Labute approximate surface area is 213 Å². The van der Waals surface area contributed by atoms with Crippen LogP contribution >= 0.6 is 0 Å². The van der Waals surface area contributed by atoms with Crippen molar-refractivity contribution >= 4 is 23.6 Å². The number of carbonyl (C=O) groups excluding carboxylic acids is 3. The van der Waals surface area contributed by atoms with Crippen molar-refractivity contribution in [3.8, 4) is 0 Å². The number of carbonyl (C=O) groups is 3. The van der Waals surface area contributed by atoms with E-state index in [1.165, 1.54) is 14.0 Å². The Kier molecular flexibility index (Phi) is 9.32. The zero-order chi connectivity index (χ0) is 26.5. The lowest BCUT2D eigenvalue weighted by Crippen LogP contribution is -2.51. The van der Waals surface area contributed by atoms with E-state index in [0.29, 0.717) is 32.5 Å². The summed E-state index contributed by atoms with van der Waals surface area (Å²) in [6.45, 7) is 7.77. The van der Waals surface area contributed by atoms with Crippen LogP contribution in [0.2, 0.25) is 0 Å². The van der Waals surface area contributed by atoms with Crippen LogP contribution in [0.25, 0.3) is 0 Å². The molecule has 0 radical (unpaired) electrons. The van der Waals surface area contributed by atoms with Crippen molar-refractivity contribution < 1.29 is 24.2 Å². The Morgan fingerprint density at radius 1 is 1.19 bits per heavy atom. The number of methoxy groups -OCH3 is 1. The third kappa shape index (κ3) is 7.65. The number of anilines is 1. The number of nitrogens with two attached hydrogens (primary N) is 1. The number of nitrogens with zero attached hydrogens (tertiary/aromatic N) is 2. The zero-order valence-electron chi connectivity index (χ0n) is 21.8. The maximum atomic E-state index is 13.5. The quantitative estimate of drug-likeness (QED) is 0.395. The number of likely N-dealkylation sites (tertiary alicyclic amines) is 1. The van der Waals surface area contributed by atoms with E-state index in [1.54, 1.807) is 4.90 Å². The molecule has 2 aliphatic heterocycles. The first kappa shape index (κ1) is 27.9. The average molecular weight is 504 g/mol. The van der Waals surface area contributed by atoms with Crippen LogP contribution in [0, 0.1) is 5.41 Å². The Hall–Kier alpha value is -2.69. The van der Waals surface area contributed by atoms with Gasteiger partial charge in [-0.2, -0.15) is 0 Å². The van der Waals surface area contributed by atoms with Gasteiger partial charge < -0.3 is 31.1 Å². The molecule has 2 unspecified atom stereocenters. The largest absolute Gasteiger partial charge is 0.453 e. The molecule has 200 valence electrons. The number of aliphatic hydroxyl groups excluding tert-OH is 1. The summed E-state index contributed by atoms with van der Waals surface area (Å²) in [4.78, 5) is 40.4. The number of alkyl carbamates (subject to hydrolysis) is 1. The van der Waals surface area contributed by atoms with Crippen LogP contribution in [0.1, 0.15) is 45.6 Å². The molecule has 1 aromatic carbocycles. The van der Waals surface area contributed by atoms with Gasteiger partial charge in [-0.3, -0.25) is 14.5 Å². The molecule has 0 spiro atoms. The molecule has 2 aliphatic rings. The standard InChI is InChI=1S/C26H41N5O5/c1-17(32)28-19-9-10-30(14-19)16-23(33)21(27)12-26(2,3)13-24(34)31-15-20(29-25(35)36-4)11-18-7-5-6-8-22(18)31/h5-8,19-21,23,33H,9-16,27H2,1-4H3,(H,28,32)(H,29,35)/t19?,20?,21-,23-/m0/s1. The maximum Gasteiger partial charge on any atom is 0.407 e. The Morgan fingerprint density at radius 2 is 1.92 bits per heavy atom. The number of benzene rings is 1. The average Bonchev–Trinajstić information content (AvgIpc) is 3.23. The van der Waals surface area contributed by atoms with Crippen LogP contribution in [0.3, 0.4) is 0 Å². The van der Waals surface area contributed by atoms with Gasteiger partial charge in [-0.1, -0.05) is 32.0 Å². The molecule has 0 aromatic heterocycles. The second-order valence-corrected chi connectivity index (χ2v) is 10.9. The van der Waals surface area contributed by atoms with Crippen LogP contribution in [0.4, 0.5) is 10.5 Å². The number of hydrogen-bond acceptors (Lipinski definition) is 7. The zero-order valence-corrected chi connectivity index (χ0v) is 21.8. The second-order valence-electron chi connectivity index (χ2n) is 10.9. The summed E-state index contributed by atoms with van der Waals surface area (Å²) in [7, 11) is 1.32. The van der Waals surface area contributed by atoms with Gasteiger partial charge in [0.2, 0.25) is 11.8 Å². The van der Waals surface area contributed by atoms with Gasteiger partial charge >= 0.3 is 6.09 Å². The summed E-state index contributed by atoms with van der Waals surface area (Å²) in [5.41, 5.74) is 7.79. The van der Waals surface area contributed by atoms with Gasteiger partial charge in [0.05, 0.1) is 19.3 Å². The lowest BCUT2D eigenvalue weighted by atomic mass is 9.80. The van der Waals surface area contributed by atoms with Crippen molar-refractivity contribution in [2.24, 2.45) is 11.1 Å². The van der Waals surface area contributed by atoms with Crippen molar-refractivity contribution in [1.29, 1.82) is 0 Å². The van der Waals surface area contributed by atoms with Gasteiger partial charge in [-0.05, 0) is 36.3 Å². The second kappa shape index (κ2) is 12.0. The minimum Gasteiger partial charge on any atom is -0.453 e. The van der Waals surface area contributed by atoms with Crippen LogP contribution in [0.5, 0.6) is 0 Å². The van der Waals surface area contributed by atoms with Crippen LogP contribution in [-0.2, 0) is 20.7 Å². The molecule has 1 fully saturated rings. The van der Waals surface area contributed by atoms with Gasteiger partial charge in [-0.25, -0.2) is 4.79 Å². The van der Waals surface area contributed by atoms with Gasteiger partial charge in [0, 0.05) is 57.3 Å². The topological polar surface area (TPSA) is 137 Å². The normalized spacial score (nSPS) is 21.9. The summed E-state index contributed by atoms with van der Waals surface area (Å²) < 4.78 is 4.74. The van der Waals surface area contributed by atoms with Crippen molar-refractivity contribution in [1.82, 2.24) is 15.5 Å². The summed E-state index contributed by atoms with van der Waals surface area (Å²) in [5, 5.41) is 16.5. The molecule has 3 rings (SSSR count). The number of rotatable bonds is 9. The lowest BCUT2D eigenvalue weighted by molar-refractivity contribution is -0.121. The molecular weight excluding hydrogens is 462 g/mol. The fraction of sp³-hybridized carbons (Fsp3) is 0.654. The summed E-state index contributed by atoms with van der Waals surface area (Å²) >= 11 is 0. The van der Waals surface area contributed by atoms with E-state index in [9.17, 15) is 19.5 Å². The number of β-amino-alcohol motifs (C(OH)–C–C–N with tert-alkyl or cyclic N) is 1. The van der Waals surface area contributed by atoms with Crippen LogP contribution in [-0.4, -0.2) is 85.4 Å². The molecule has 10 nitrogen and oxygen atoms in total. The number of ether oxygens (including phenoxy) is 1. The molecule has 0 aliphatic carbocycles. The first-order valence-electron chi connectivity index (χ1n) is 12.6. The first-order valence-corrected chi connectivity index (χ1v) is 12.6. The summed E-state index contributed by atoms with van der Waals surface area (Å²) in [6.07, 6.45) is 0.941. The predicted octanol–water partition coefficient (Wildman–Crippen LogP) is 1.01. The lowest BCUT2D eigenvalue weighted by Gasteiger charge is -2.37. The van der Waals surface area contributed by atoms with E-state index >= 15 is 0 Å². The molecule has 1 saturated heterocycles. The van der Waals surface area contributed by atoms with Crippen molar-refractivity contribution in [2.75, 3.05) is 38.2 Å². The molecule has 0 bridgehead atoms. The predicted molar refractivity (Wildman–Crippen MR) is 137 cm³/mol. The minimum atomic E-state index is -0.736. The monoisotopic (exact) mass is 503 g/mol. The number of hydrogen-bond donors (Lipinski definition) is 4. The van der Waals surface area contributed by atoms with E-state index < -0.39 is 23.7 Å². The Morgan fingerprint density at radius 3 is 2.61 bits per heavy atom. The first-order chi connectivity index (χ1) is 17.0. The molecule has 1 aromatic rings. The summed E-state index contributed by atoms with van der Waals surface area (Å²) in [6, 6.07) is 7.08. The highest BCUT2D eigenvalue weighted by Crippen LogP contribution is 2.33. The fourth-order valence-corrected chi connectivity index (χ4v) is 5.31. The highest BCUT2D eigenvalue weighted by molar-refractivity contribution is 5.95. The highest BCUT2D eigenvalue weighted by atomic mass is 16.5. The van der Waals surface area contributed by atoms with Gasteiger partial charge in [-0.15, -0.1) is 0 Å². The molecule has 5 N–H and O–H groups in total. The molecule has 3 amide bonds. The van der Waals surface area contributed by atoms with E-state index in [2.05, 4.69) is 15.5 Å². The van der Waals surface area contributed by atoms with Gasteiger partial charge in [0.15, 0.2) is 0 Å². The molecule has 4 atom stereocenters. The van der Waals surface area contributed by atoms with Gasteiger partial charge in [0.1, 0.15) is 0 Å². The molecular formula is C26H41N5O5. The Bertz CT molecular complexity index is 939. The number of nitrogens with one attached hydrogen (secondary N) is 2. The van der Waals surface area contributed by atoms with E-state index in [0.717, 1.165) is 24.2 Å². The number of fused-ring (bicyclic) bond motifs is 1. The fourth-order valence-electron chi connectivity index (χ4n) is 5.31. The molecule has 0 saturated carbocycles. The molecule has 2 heterocycles. The Balaban J connectivity index is 1.58. The van der Waals surface area contributed by atoms with Crippen LogP contribution in [0.15, 0.2) is 24.3 Å². The molecule has 10 heteroatoms. The van der Waals surface area contributed by atoms with Gasteiger partial charge in [0.25, 0.3) is 0 Å². The smallest absolute Gasteiger partial charge is 0.407 e. The number of para-hydroxylation sites is 1. The maximum absolute atomic E-state index is 13.5. The van der Waals surface area contributed by atoms with E-state index in [-0.39, 0.29) is 30.3 Å². The SMILES string of the molecule is COC(=O)NC1Cc2ccccc2N(C(=O)CC(C)(C)C[C@H](N)[C@@H](O)CN2CCC(NC(C)=O)C2)C1. The van der Waals surface area contributed by atoms with E-state index in [1.807, 2.05) is 38.1 Å². The third-order valence-corrected chi connectivity index (χ3v) is 7.00. The summed E-state index contributed by atoms with van der Waals surface area (Å²) in [5.74, 6) is -0.0996. The third-order valence-electron chi connectivity index (χ3n) is 7.00. The van der Waals surface area contributed by atoms with Crippen molar-refractivity contribution in [3.05, 3.63) is 29.8 Å². The van der Waals surface area contributed by atoms with Crippen molar-refractivity contribution in [2.45, 2.75) is 70.7 Å². The number of aliphatic hydroxyl groups is 1.